The first-order chi connectivity index (χ1) is 9.95. The summed E-state index contributed by atoms with van der Waals surface area (Å²) in [5.74, 6) is 0.767. The SMILES string of the molecule is O=S(=O)(NC1CCN(c2ncc(Br)cc2Cl)CC1)C1CC1. The van der Waals surface area contributed by atoms with Crippen LogP contribution in [0.25, 0.3) is 0 Å². The highest BCUT2D eigenvalue weighted by molar-refractivity contribution is 9.10. The Morgan fingerprint density at radius 1 is 1.29 bits per heavy atom. The molecule has 1 aliphatic heterocycles. The van der Waals surface area contributed by atoms with E-state index in [9.17, 15) is 8.42 Å². The Kier molecular flexibility index (Phi) is 4.45. The Labute approximate surface area is 138 Å². The quantitative estimate of drug-likeness (QED) is 0.852. The van der Waals surface area contributed by atoms with Gasteiger partial charge in [0.05, 0.1) is 10.3 Å². The van der Waals surface area contributed by atoms with Crippen LogP contribution in [0.3, 0.4) is 0 Å². The molecule has 1 aromatic rings. The molecule has 1 N–H and O–H groups in total. The average Bonchev–Trinajstić information content (AvgIpc) is 3.24. The third-order valence-corrected chi connectivity index (χ3v) is 6.60. The molecule has 5 nitrogen and oxygen atoms in total. The van der Waals surface area contributed by atoms with Gasteiger partial charge in [-0.05, 0) is 47.7 Å². The number of piperidine rings is 1. The predicted octanol–water partition coefficient (Wildman–Crippen LogP) is 2.55. The van der Waals surface area contributed by atoms with Gasteiger partial charge in [0.15, 0.2) is 0 Å². The number of hydrogen-bond acceptors (Lipinski definition) is 4. The van der Waals surface area contributed by atoms with E-state index in [0.29, 0.717) is 5.02 Å². The van der Waals surface area contributed by atoms with Crippen LogP contribution in [0.15, 0.2) is 16.7 Å². The summed E-state index contributed by atoms with van der Waals surface area (Å²) in [5.41, 5.74) is 0. The fraction of sp³-hybridized carbons (Fsp3) is 0.615. The van der Waals surface area contributed by atoms with Crippen LogP contribution in [0.4, 0.5) is 5.82 Å². The average molecular weight is 395 g/mol. The number of hydrogen-bond donors (Lipinski definition) is 1. The zero-order valence-electron chi connectivity index (χ0n) is 11.4. The molecule has 0 bridgehead atoms. The van der Waals surface area contributed by atoms with Crippen LogP contribution in [0.5, 0.6) is 0 Å². The van der Waals surface area contributed by atoms with Gasteiger partial charge < -0.3 is 4.90 Å². The molecule has 1 aromatic heterocycles. The lowest BCUT2D eigenvalue weighted by Crippen LogP contribution is -2.45. The van der Waals surface area contributed by atoms with Crippen molar-refractivity contribution in [2.75, 3.05) is 18.0 Å². The van der Waals surface area contributed by atoms with Crippen molar-refractivity contribution in [1.82, 2.24) is 9.71 Å². The van der Waals surface area contributed by atoms with Crippen LogP contribution in [0.2, 0.25) is 5.02 Å². The van der Waals surface area contributed by atoms with Crippen LogP contribution >= 0.6 is 27.5 Å². The van der Waals surface area contributed by atoms with Crippen molar-refractivity contribution in [3.63, 3.8) is 0 Å². The maximum atomic E-state index is 11.9. The van der Waals surface area contributed by atoms with Gasteiger partial charge in [-0.3, -0.25) is 0 Å². The van der Waals surface area contributed by atoms with E-state index in [1.807, 2.05) is 6.07 Å². The summed E-state index contributed by atoms with van der Waals surface area (Å²) in [6.07, 6.45) is 4.88. The second-order valence-electron chi connectivity index (χ2n) is 5.58. The predicted molar refractivity (Wildman–Crippen MR) is 87.3 cm³/mol. The van der Waals surface area contributed by atoms with E-state index in [-0.39, 0.29) is 11.3 Å². The number of nitrogens with one attached hydrogen (secondary N) is 1. The number of aromatic nitrogens is 1. The number of anilines is 1. The third kappa shape index (κ3) is 3.70. The zero-order chi connectivity index (χ0) is 15.0. The van der Waals surface area contributed by atoms with Crippen molar-refractivity contribution < 1.29 is 8.42 Å². The van der Waals surface area contributed by atoms with E-state index < -0.39 is 10.0 Å². The fourth-order valence-electron chi connectivity index (χ4n) is 2.56. The van der Waals surface area contributed by atoms with Crippen molar-refractivity contribution in [1.29, 1.82) is 0 Å². The largest absolute Gasteiger partial charge is 0.355 e. The molecule has 0 aromatic carbocycles. The molecular weight excluding hydrogens is 378 g/mol. The molecule has 116 valence electrons. The zero-order valence-corrected chi connectivity index (χ0v) is 14.6. The minimum Gasteiger partial charge on any atom is -0.355 e. The van der Waals surface area contributed by atoms with Crippen LogP contribution in [0, 0.1) is 0 Å². The molecule has 1 saturated carbocycles. The first-order valence-electron chi connectivity index (χ1n) is 7.03. The van der Waals surface area contributed by atoms with Crippen molar-refractivity contribution in [2.24, 2.45) is 0 Å². The van der Waals surface area contributed by atoms with Gasteiger partial charge in [-0.15, -0.1) is 0 Å². The summed E-state index contributed by atoms with van der Waals surface area (Å²) in [7, 11) is -3.10. The van der Waals surface area contributed by atoms with Crippen molar-refractivity contribution in [2.45, 2.75) is 37.0 Å². The molecule has 8 heteroatoms. The first kappa shape index (κ1) is 15.5. The molecule has 0 unspecified atom stereocenters. The Morgan fingerprint density at radius 2 is 1.95 bits per heavy atom. The lowest BCUT2D eigenvalue weighted by molar-refractivity contribution is 0.458. The van der Waals surface area contributed by atoms with E-state index in [4.69, 9.17) is 11.6 Å². The van der Waals surface area contributed by atoms with Crippen molar-refractivity contribution in [3.05, 3.63) is 21.8 Å². The lowest BCUT2D eigenvalue weighted by Gasteiger charge is -2.33. The standard InChI is InChI=1S/C13H17BrClN3O2S/c14-9-7-12(15)13(16-8-9)18-5-3-10(4-6-18)17-21(19,20)11-1-2-11/h7-8,10-11,17H,1-6H2. The normalized spacial score (nSPS) is 20.8. The maximum absolute atomic E-state index is 11.9. The van der Waals surface area contributed by atoms with Crippen LogP contribution < -0.4 is 9.62 Å². The van der Waals surface area contributed by atoms with Gasteiger partial charge in [-0.25, -0.2) is 18.1 Å². The Hall–Kier alpha value is -0.370. The second kappa shape index (κ2) is 6.02. The van der Waals surface area contributed by atoms with Crippen LogP contribution in [-0.4, -0.2) is 37.8 Å². The van der Waals surface area contributed by atoms with Gasteiger partial charge in [0, 0.05) is 29.8 Å². The molecule has 1 aliphatic carbocycles. The molecule has 21 heavy (non-hydrogen) atoms. The summed E-state index contributed by atoms with van der Waals surface area (Å²) in [6, 6.07) is 1.85. The fourth-order valence-corrected chi connectivity index (χ4v) is 4.95. The summed E-state index contributed by atoms with van der Waals surface area (Å²) in [5, 5.41) is 0.458. The number of sulfonamides is 1. The Morgan fingerprint density at radius 3 is 2.52 bits per heavy atom. The van der Waals surface area contributed by atoms with Gasteiger partial charge in [0.25, 0.3) is 0 Å². The highest BCUT2D eigenvalue weighted by atomic mass is 79.9. The van der Waals surface area contributed by atoms with E-state index in [2.05, 4.69) is 30.5 Å². The minimum absolute atomic E-state index is 0.0288. The Bertz CT molecular complexity index is 628. The van der Waals surface area contributed by atoms with Crippen LogP contribution in [-0.2, 0) is 10.0 Å². The molecule has 1 saturated heterocycles. The maximum Gasteiger partial charge on any atom is 0.214 e. The molecule has 3 rings (SSSR count). The monoisotopic (exact) mass is 393 g/mol. The highest BCUT2D eigenvalue weighted by Gasteiger charge is 2.37. The topological polar surface area (TPSA) is 62.3 Å². The lowest BCUT2D eigenvalue weighted by atomic mass is 10.1. The number of halogens is 2. The Balaban J connectivity index is 1.60. The number of rotatable bonds is 4. The van der Waals surface area contributed by atoms with Crippen molar-refractivity contribution >= 4 is 43.4 Å². The summed E-state index contributed by atoms with van der Waals surface area (Å²) in [6.45, 7) is 1.51. The van der Waals surface area contributed by atoms with Gasteiger partial charge in [0.2, 0.25) is 10.0 Å². The number of pyridine rings is 1. The second-order valence-corrected chi connectivity index (χ2v) is 8.90. The number of nitrogens with zero attached hydrogens (tertiary/aromatic N) is 2. The van der Waals surface area contributed by atoms with Crippen molar-refractivity contribution in [3.8, 4) is 0 Å². The molecule has 0 radical (unpaired) electrons. The highest BCUT2D eigenvalue weighted by Crippen LogP contribution is 2.30. The molecule has 2 heterocycles. The van der Waals surface area contributed by atoms with E-state index in [1.165, 1.54) is 0 Å². The van der Waals surface area contributed by atoms with Crippen LogP contribution in [0.1, 0.15) is 25.7 Å². The smallest absolute Gasteiger partial charge is 0.214 e. The molecule has 0 spiro atoms. The summed E-state index contributed by atoms with van der Waals surface area (Å²) >= 11 is 9.55. The van der Waals surface area contributed by atoms with Gasteiger partial charge in [0.1, 0.15) is 5.82 Å². The molecule has 0 amide bonds. The minimum atomic E-state index is -3.10. The third-order valence-electron chi connectivity index (χ3n) is 3.88. The van der Waals surface area contributed by atoms with E-state index >= 15 is 0 Å². The summed E-state index contributed by atoms with van der Waals surface area (Å²) < 4.78 is 27.6. The van der Waals surface area contributed by atoms with Gasteiger partial charge >= 0.3 is 0 Å². The molecular formula is C13H17BrClN3O2S. The van der Waals surface area contributed by atoms with E-state index in [0.717, 1.165) is 49.1 Å². The summed E-state index contributed by atoms with van der Waals surface area (Å²) in [4.78, 5) is 6.46. The molecule has 2 aliphatic rings. The van der Waals surface area contributed by atoms with Gasteiger partial charge in [-0.1, -0.05) is 11.6 Å². The van der Waals surface area contributed by atoms with E-state index in [1.54, 1.807) is 6.20 Å². The molecule has 0 atom stereocenters. The first-order valence-corrected chi connectivity index (χ1v) is 9.74. The van der Waals surface area contributed by atoms with Gasteiger partial charge in [-0.2, -0.15) is 0 Å². The molecule has 2 fully saturated rings.